The van der Waals surface area contributed by atoms with Crippen molar-refractivity contribution in [3.63, 3.8) is 0 Å². The van der Waals surface area contributed by atoms with Crippen molar-refractivity contribution >= 4 is 57.4 Å². The number of carboxylic acids is 1. The van der Waals surface area contributed by atoms with Crippen LogP contribution in [0.3, 0.4) is 0 Å². The number of aryl methyl sites for hydroxylation is 1. The topological polar surface area (TPSA) is 87.0 Å². The molecule has 1 aromatic rings. The molecule has 3 N–H and O–H groups in total. The predicted molar refractivity (Wildman–Crippen MR) is 118 cm³/mol. The fourth-order valence-corrected chi connectivity index (χ4v) is 4.41. The molecule has 0 spiro atoms. The van der Waals surface area contributed by atoms with Gasteiger partial charge in [-0.1, -0.05) is 37.3 Å². The van der Waals surface area contributed by atoms with Gasteiger partial charge in [0.05, 0.1) is 12.2 Å². The molecule has 5 nitrogen and oxygen atoms in total. The van der Waals surface area contributed by atoms with Crippen LogP contribution in [0.5, 0.6) is 5.75 Å². The zero-order valence-corrected chi connectivity index (χ0v) is 17.0. The first kappa shape index (κ1) is 25.6. The van der Waals surface area contributed by atoms with Crippen LogP contribution in [0.4, 0.5) is 0 Å². The zero-order valence-electron chi connectivity index (χ0n) is 17.0. The summed E-state index contributed by atoms with van der Waals surface area (Å²) in [4.78, 5) is 10.8. The Hall–Kier alpha value is -0.654. The van der Waals surface area contributed by atoms with E-state index in [4.69, 9.17) is 9.84 Å². The monoisotopic (exact) mass is 438 g/mol. The molecule has 1 aliphatic carbocycles. The van der Waals surface area contributed by atoms with Crippen molar-refractivity contribution in [2.45, 2.75) is 70.2 Å². The van der Waals surface area contributed by atoms with Gasteiger partial charge < -0.3 is 20.1 Å². The second-order valence-corrected chi connectivity index (χ2v) is 8.13. The molecule has 0 radical (unpaired) electrons. The maximum atomic E-state index is 10.8. The third-order valence-electron chi connectivity index (χ3n) is 6.04. The molecule has 1 fully saturated rings. The molecule has 6 atom stereocenters. The van der Waals surface area contributed by atoms with E-state index in [2.05, 4.69) is 11.8 Å². The van der Waals surface area contributed by atoms with Gasteiger partial charge in [-0.2, -0.15) is 0 Å². The quantitative estimate of drug-likeness (QED) is 0.330. The first-order valence-electron chi connectivity index (χ1n) is 10.4. The molecule has 1 unspecified atom stereocenters. The summed E-state index contributed by atoms with van der Waals surface area (Å²) >= 11 is 0. The standard InChI is InChI=1S/C24H30O5.K.H/c1-3-4-7-15(2)19(25)13-12-17-20(26)14-21-23(17)18-10-5-8-16(24(18)29-21)9-6-11-22(27)28;;/h5,8,10,12-13,15,17,19-21,23,25-26H,6-7,9,11,14H2,1-2H3,(H,27,28);;/b13-12+;;/t15?,17-,19+,20+,21-,23-;;/m0../s1. The van der Waals surface area contributed by atoms with Gasteiger partial charge in [0.15, 0.2) is 0 Å². The molecule has 0 aromatic heterocycles. The van der Waals surface area contributed by atoms with Crippen LogP contribution in [0, 0.1) is 23.7 Å². The summed E-state index contributed by atoms with van der Waals surface area (Å²) in [5.74, 6) is 5.87. The number of ether oxygens (including phenoxy) is 1. The van der Waals surface area contributed by atoms with Crippen molar-refractivity contribution in [3.8, 4) is 17.6 Å². The Morgan fingerprint density at radius 3 is 2.87 bits per heavy atom. The normalized spacial score (nSPS) is 26.0. The molecule has 30 heavy (non-hydrogen) atoms. The number of benzene rings is 1. The molecule has 1 aliphatic heterocycles. The van der Waals surface area contributed by atoms with E-state index in [0.717, 1.165) is 16.9 Å². The average Bonchev–Trinajstić information content (AvgIpc) is 3.19. The molecule has 0 saturated heterocycles. The van der Waals surface area contributed by atoms with Crippen molar-refractivity contribution < 1.29 is 24.9 Å². The number of carboxylic acid groups (broad SMARTS) is 1. The molecule has 6 heteroatoms. The van der Waals surface area contributed by atoms with Crippen molar-refractivity contribution in [1.29, 1.82) is 0 Å². The van der Waals surface area contributed by atoms with E-state index in [0.29, 0.717) is 25.7 Å². The number of aliphatic hydroxyl groups excluding tert-OH is 2. The second-order valence-electron chi connectivity index (χ2n) is 8.13. The summed E-state index contributed by atoms with van der Waals surface area (Å²) in [7, 11) is 0. The number of aliphatic carboxylic acids is 1. The van der Waals surface area contributed by atoms with E-state index in [1.54, 1.807) is 13.0 Å². The van der Waals surface area contributed by atoms with E-state index >= 15 is 0 Å². The number of rotatable bonds is 8. The minimum absolute atomic E-state index is 0. The van der Waals surface area contributed by atoms with Gasteiger partial charge >= 0.3 is 57.4 Å². The van der Waals surface area contributed by atoms with Crippen molar-refractivity contribution in [2.75, 3.05) is 0 Å². The van der Waals surface area contributed by atoms with Crippen molar-refractivity contribution in [2.24, 2.45) is 11.8 Å². The summed E-state index contributed by atoms with van der Waals surface area (Å²) in [6.45, 7) is 3.75. The Bertz CT molecular complexity index is 825. The van der Waals surface area contributed by atoms with Crippen LogP contribution in [-0.2, 0) is 11.2 Å². The van der Waals surface area contributed by atoms with Gasteiger partial charge in [0.1, 0.15) is 11.9 Å². The molecule has 0 amide bonds. The molecule has 0 bridgehead atoms. The van der Waals surface area contributed by atoms with Crippen LogP contribution in [0.1, 0.15) is 56.6 Å². The van der Waals surface area contributed by atoms with Crippen LogP contribution in [0.2, 0.25) is 0 Å². The van der Waals surface area contributed by atoms with E-state index < -0.39 is 18.2 Å². The van der Waals surface area contributed by atoms with Crippen LogP contribution in [0.25, 0.3) is 0 Å². The molecular weight excluding hydrogens is 407 g/mol. The van der Waals surface area contributed by atoms with Gasteiger partial charge in [0, 0.05) is 36.7 Å². The van der Waals surface area contributed by atoms with Gasteiger partial charge in [-0.05, 0) is 31.2 Å². The summed E-state index contributed by atoms with van der Waals surface area (Å²) in [6, 6.07) is 6.01. The van der Waals surface area contributed by atoms with Crippen molar-refractivity contribution in [1.82, 2.24) is 0 Å². The third-order valence-corrected chi connectivity index (χ3v) is 6.04. The summed E-state index contributed by atoms with van der Waals surface area (Å²) < 4.78 is 6.21. The first-order valence-corrected chi connectivity index (χ1v) is 10.4. The molecular formula is C24H31KO5. The Labute approximate surface area is 221 Å². The van der Waals surface area contributed by atoms with Gasteiger partial charge in [-0.25, -0.2) is 0 Å². The van der Waals surface area contributed by atoms with Crippen LogP contribution < -0.4 is 4.74 Å². The predicted octanol–water partition coefficient (Wildman–Crippen LogP) is 2.64. The van der Waals surface area contributed by atoms with Crippen molar-refractivity contribution in [3.05, 3.63) is 41.5 Å². The van der Waals surface area contributed by atoms with E-state index in [1.165, 1.54) is 0 Å². The number of hydrogen-bond acceptors (Lipinski definition) is 4. The third kappa shape index (κ3) is 5.98. The van der Waals surface area contributed by atoms with Gasteiger partial charge in [-0.15, -0.1) is 11.8 Å². The zero-order chi connectivity index (χ0) is 21.0. The molecule has 3 rings (SSSR count). The van der Waals surface area contributed by atoms with Crippen LogP contribution >= 0.6 is 0 Å². The summed E-state index contributed by atoms with van der Waals surface area (Å²) in [5.41, 5.74) is 2.11. The fraction of sp³-hybridized carbons (Fsp3) is 0.542. The molecule has 1 saturated carbocycles. The van der Waals surface area contributed by atoms with E-state index in [9.17, 15) is 15.0 Å². The number of aliphatic hydroxyl groups is 2. The molecule has 2 aliphatic rings. The number of carbonyl (C=O) groups is 1. The van der Waals surface area contributed by atoms with E-state index in [1.807, 2.05) is 31.2 Å². The SMILES string of the molecule is CC#CCC(C)[C@H](O)/C=C/[C@@H]1[C@H]2c3cccc(CCCC(=O)O)c3O[C@H]2C[C@H]1O.[KH]. The Balaban J connectivity index is 0.00000320. The molecule has 1 heterocycles. The average molecular weight is 439 g/mol. The molecule has 158 valence electrons. The Morgan fingerprint density at radius 2 is 2.17 bits per heavy atom. The van der Waals surface area contributed by atoms with Crippen LogP contribution in [-0.4, -0.2) is 91.0 Å². The number of para-hydroxylation sites is 1. The van der Waals surface area contributed by atoms with Gasteiger partial charge in [-0.3, -0.25) is 4.79 Å². The number of fused-ring (bicyclic) bond motifs is 3. The van der Waals surface area contributed by atoms with E-state index in [-0.39, 0.29) is 81.7 Å². The maximum absolute atomic E-state index is 10.8. The van der Waals surface area contributed by atoms with Gasteiger partial charge in [0.25, 0.3) is 0 Å². The van der Waals surface area contributed by atoms with Crippen LogP contribution in [0.15, 0.2) is 30.4 Å². The number of hydrogen-bond donors (Lipinski definition) is 3. The fourth-order valence-electron chi connectivity index (χ4n) is 4.41. The Kier molecular flexibility index (Phi) is 10.1. The summed E-state index contributed by atoms with van der Waals surface area (Å²) in [5, 5.41) is 29.9. The van der Waals surface area contributed by atoms with Gasteiger partial charge in [0.2, 0.25) is 0 Å². The second kappa shape index (κ2) is 11.8. The minimum atomic E-state index is -0.790. The Morgan fingerprint density at radius 1 is 1.40 bits per heavy atom. The first-order chi connectivity index (χ1) is 13.9. The molecule has 1 aromatic carbocycles. The summed E-state index contributed by atoms with van der Waals surface area (Å²) in [6.07, 6.45) is 5.07.